The zero-order chi connectivity index (χ0) is 15.4. The molecule has 0 saturated carbocycles. The number of hydrogen-bond acceptors (Lipinski definition) is 4. The minimum atomic E-state index is 0.847. The van der Waals surface area contributed by atoms with Crippen molar-refractivity contribution in [2.45, 2.75) is 0 Å². The lowest BCUT2D eigenvalue weighted by molar-refractivity contribution is 0.848. The van der Waals surface area contributed by atoms with Crippen LogP contribution >= 0.6 is 27.3 Å². The van der Waals surface area contributed by atoms with E-state index in [4.69, 9.17) is 0 Å². The van der Waals surface area contributed by atoms with Crippen molar-refractivity contribution in [1.29, 1.82) is 0 Å². The first kappa shape index (κ1) is 14.9. The quantitative estimate of drug-likeness (QED) is 0.645. The van der Waals surface area contributed by atoms with Gasteiger partial charge < -0.3 is 0 Å². The summed E-state index contributed by atoms with van der Waals surface area (Å²) in [7, 11) is 1.77. The lowest BCUT2D eigenvalue weighted by atomic mass is 10.2. The van der Waals surface area contributed by atoms with Crippen molar-refractivity contribution < 1.29 is 0 Å². The van der Waals surface area contributed by atoms with Crippen LogP contribution < -0.4 is 4.80 Å². The number of aromatic nitrogens is 2. The number of rotatable bonds is 3. The molecule has 3 aromatic rings. The monoisotopic (exact) mass is 372 g/mol. The zero-order valence-corrected chi connectivity index (χ0v) is 14.3. The summed E-state index contributed by atoms with van der Waals surface area (Å²) >= 11 is 5.08. The molecule has 0 spiro atoms. The third-order valence-corrected chi connectivity index (χ3v) is 4.43. The highest BCUT2D eigenvalue weighted by molar-refractivity contribution is 9.10. The van der Waals surface area contributed by atoms with Crippen LogP contribution in [0.25, 0.3) is 11.3 Å². The maximum atomic E-state index is 4.58. The SMILES string of the molecule is CN=c1scc(-c2cccc(Br)c2)n1/N=C\c1ccncc1. The van der Waals surface area contributed by atoms with Crippen molar-refractivity contribution in [3.05, 3.63) is 69.0 Å². The highest BCUT2D eigenvalue weighted by Gasteiger charge is 2.07. The predicted octanol–water partition coefficient (Wildman–Crippen LogP) is 3.79. The van der Waals surface area contributed by atoms with Crippen LogP contribution in [-0.2, 0) is 0 Å². The van der Waals surface area contributed by atoms with E-state index in [-0.39, 0.29) is 0 Å². The minimum Gasteiger partial charge on any atom is -0.265 e. The summed E-state index contributed by atoms with van der Waals surface area (Å²) in [6.45, 7) is 0. The molecule has 0 saturated heterocycles. The molecule has 1 aromatic carbocycles. The molecule has 0 atom stereocenters. The standard InChI is InChI=1S/C16H13BrN4S/c1-18-16-21(20-10-12-5-7-19-8-6-12)15(11-22-16)13-3-2-4-14(17)9-13/h2-11H,1H3/b18-16?,20-10-. The number of pyridine rings is 1. The average molecular weight is 373 g/mol. The van der Waals surface area contributed by atoms with Gasteiger partial charge >= 0.3 is 0 Å². The highest BCUT2D eigenvalue weighted by Crippen LogP contribution is 2.23. The Labute approximate surface area is 140 Å². The fraction of sp³-hybridized carbons (Fsp3) is 0.0625. The minimum absolute atomic E-state index is 0.847. The molecule has 0 unspecified atom stereocenters. The molecule has 22 heavy (non-hydrogen) atoms. The number of hydrogen-bond donors (Lipinski definition) is 0. The summed E-state index contributed by atoms with van der Waals surface area (Å²) in [5.41, 5.74) is 3.10. The van der Waals surface area contributed by atoms with Gasteiger partial charge in [0.25, 0.3) is 0 Å². The Morgan fingerprint density at radius 2 is 2.05 bits per heavy atom. The molecular formula is C16H13BrN4S. The topological polar surface area (TPSA) is 42.5 Å². The van der Waals surface area contributed by atoms with E-state index >= 15 is 0 Å². The Bertz CT molecular complexity index is 865. The van der Waals surface area contributed by atoms with Gasteiger partial charge in [0, 0.05) is 34.9 Å². The van der Waals surface area contributed by atoms with Crippen LogP contribution in [-0.4, -0.2) is 22.9 Å². The molecule has 0 aliphatic carbocycles. The van der Waals surface area contributed by atoms with Crippen molar-refractivity contribution in [2.75, 3.05) is 7.05 Å². The van der Waals surface area contributed by atoms with Gasteiger partial charge in [0.1, 0.15) is 0 Å². The van der Waals surface area contributed by atoms with E-state index in [9.17, 15) is 0 Å². The van der Waals surface area contributed by atoms with Gasteiger partial charge in [-0.25, -0.2) is 4.68 Å². The number of nitrogens with zero attached hydrogens (tertiary/aromatic N) is 4. The van der Waals surface area contributed by atoms with E-state index in [1.807, 2.05) is 35.2 Å². The van der Waals surface area contributed by atoms with Gasteiger partial charge in [0.05, 0.1) is 11.9 Å². The molecule has 0 N–H and O–H groups in total. The maximum absolute atomic E-state index is 4.58. The van der Waals surface area contributed by atoms with E-state index in [1.54, 1.807) is 30.8 Å². The number of halogens is 1. The fourth-order valence-electron chi connectivity index (χ4n) is 1.98. The van der Waals surface area contributed by atoms with Crippen LogP contribution in [0.1, 0.15) is 5.56 Å². The van der Waals surface area contributed by atoms with Gasteiger partial charge in [0.2, 0.25) is 4.80 Å². The molecule has 0 aliphatic heterocycles. The molecule has 2 heterocycles. The van der Waals surface area contributed by atoms with Gasteiger partial charge in [-0.2, -0.15) is 5.10 Å². The highest BCUT2D eigenvalue weighted by atomic mass is 79.9. The number of thiazole rings is 1. The third kappa shape index (κ3) is 3.23. The Hall–Kier alpha value is -2.05. The molecule has 0 fully saturated rings. The Morgan fingerprint density at radius 3 is 2.77 bits per heavy atom. The molecule has 6 heteroatoms. The van der Waals surface area contributed by atoms with Gasteiger partial charge in [-0.05, 0) is 29.8 Å². The molecule has 0 aliphatic rings. The predicted molar refractivity (Wildman–Crippen MR) is 94.2 cm³/mol. The average Bonchev–Trinajstić information content (AvgIpc) is 2.97. The van der Waals surface area contributed by atoms with E-state index in [0.717, 1.165) is 26.1 Å². The van der Waals surface area contributed by atoms with Crippen molar-refractivity contribution in [2.24, 2.45) is 10.1 Å². The zero-order valence-electron chi connectivity index (χ0n) is 11.8. The van der Waals surface area contributed by atoms with Crippen molar-refractivity contribution in [3.8, 4) is 11.3 Å². The summed E-state index contributed by atoms with van der Waals surface area (Å²) in [6, 6.07) is 12.0. The summed E-state index contributed by atoms with van der Waals surface area (Å²) < 4.78 is 2.89. The first-order valence-corrected chi connectivity index (χ1v) is 8.29. The lowest BCUT2D eigenvalue weighted by Crippen LogP contribution is -2.11. The van der Waals surface area contributed by atoms with Gasteiger partial charge in [-0.1, -0.05) is 28.1 Å². The molecule has 4 nitrogen and oxygen atoms in total. The second kappa shape index (κ2) is 6.81. The second-order valence-electron chi connectivity index (χ2n) is 4.47. The molecule has 0 bridgehead atoms. The first-order chi connectivity index (χ1) is 10.8. The van der Waals surface area contributed by atoms with E-state index in [0.29, 0.717) is 0 Å². The molecular weight excluding hydrogens is 360 g/mol. The summed E-state index contributed by atoms with van der Waals surface area (Å²) in [4.78, 5) is 9.15. The van der Waals surface area contributed by atoms with Crippen molar-refractivity contribution in [1.82, 2.24) is 9.66 Å². The van der Waals surface area contributed by atoms with Crippen LogP contribution in [0.3, 0.4) is 0 Å². The Morgan fingerprint density at radius 1 is 1.23 bits per heavy atom. The largest absolute Gasteiger partial charge is 0.265 e. The Balaban J connectivity index is 2.07. The van der Waals surface area contributed by atoms with Crippen LogP contribution in [0.5, 0.6) is 0 Å². The van der Waals surface area contributed by atoms with Crippen LogP contribution in [0.4, 0.5) is 0 Å². The first-order valence-electron chi connectivity index (χ1n) is 6.61. The Kier molecular flexibility index (Phi) is 4.60. The smallest absolute Gasteiger partial charge is 0.205 e. The summed E-state index contributed by atoms with van der Waals surface area (Å²) in [5.74, 6) is 0. The van der Waals surface area contributed by atoms with Gasteiger partial charge in [-0.3, -0.25) is 9.98 Å². The lowest BCUT2D eigenvalue weighted by Gasteiger charge is -2.03. The van der Waals surface area contributed by atoms with Crippen LogP contribution in [0.2, 0.25) is 0 Å². The van der Waals surface area contributed by atoms with Gasteiger partial charge in [0.15, 0.2) is 0 Å². The van der Waals surface area contributed by atoms with Gasteiger partial charge in [-0.15, -0.1) is 11.3 Å². The van der Waals surface area contributed by atoms with E-state index < -0.39 is 0 Å². The van der Waals surface area contributed by atoms with E-state index in [1.165, 1.54) is 0 Å². The molecule has 2 aromatic heterocycles. The second-order valence-corrected chi connectivity index (χ2v) is 6.23. The molecule has 110 valence electrons. The van der Waals surface area contributed by atoms with Crippen molar-refractivity contribution in [3.63, 3.8) is 0 Å². The van der Waals surface area contributed by atoms with E-state index in [2.05, 4.69) is 48.5 Å². The maximum Gasteiger partial charge on any atom is 0.205 e. The summed E-state index contributed by atoms with van der Waals surface area (Å²) in [5, 5.41) is 6.64. The fourth-order valence-corrected chi connectivity index (χ4v) is 3.19. The van der Waals surface area contributed by atoms with Crippen LogP contribution in [0, 0.1) is 0 Å². The van der Waals surface area contributed by atoms with Crippen LogP contribution in [0.15, 0.2) is 68.7 Å². The number of benzene rings is 1. The summed E-state index contributed by atoms with van der Waals surface area (Å²) in [6.07, 6.45) is 5.31. The van der Waals surface area contributed by atoms with Crippen molar-refractivity contribution >= 4 is 33.5 Å². The normalized spacial score (nSPS) is 12.2. The molecule has 0 radical (unpaired) electrons. The third-order valence-electron chi connectivity index (χ3n) is 3.03. The molecule has 0 amide bonds. The molecule has 3 rings (SSSR count).